The zero-order valence-corrected chi connectivity index (χ0v) is 16.8. The van der Waals surface area contributed by atoms with Gasteiger partial charge in [-0.3, -0.25) is 9.69 Å². The van der Waals surface area contributed by atoms with Crippen LogP contribution in [0.1, 0.15) is 12.8 Å². The fourth-order valence-electron chi connectivity index (χ4n) is 3.73. The van der Waals surface area contributed by atoms with Crippen molar-refractivity contribution in [3.63, 3.8) is 0 Å². The molecule has 0 aromatic heterocycles. The van der Waals surface area contributed by atoms with Crippen molar-refractivity contribution in [2.24, 2.45) is 5.73 Å². The summed E-state index contributed by atoms with van der Waals surface area (Å²) >= 11 is 1.67. The molecule has 1 amide bonds. The summed E-state index contributed by atoms with van der Waals surface area (Å²) in [6.45, 7) is 9.02. The standard InChI is InChI=1S/C16H28N3O3SSi/c1-19(7-5-6-8-19)9-11-10-23-15-12(17)14(20)18(15)13(11)16(21)22-24(2,3)4/h12,15H,5-10,17H2,1-4H3/q+1/t12-,15-/m1/s1. The maximum atomic E-state index is 12.8. The normalized spacial score (nSPS) is 29.4. The van der Waals surface area contributed by atoms with Gasteiger partial charge < -0.3 is 14.6 Å². The highest BCUT2D eigenvalue weighted by Crippen LogP contribution is 2.41. The molecule has 3 heterocycles. The van der Waals surface area contributed by atoms with Crippen LogP contribution in [0.25, 0.3) is 0 Å². The van der Waals surface area contributed by atoms with E-state index in [1.54, 1.807) is 16.7 Å². The molecule has 2 saturated heterocycles. The predicted octanol–water partition coefficient (Wildman–Crippen LogP) is 1.10. The second-order valence-corrected chi connectivity index (χ2v) is 13.9. The van der Waals surface area contributed by atoms with Gasteiger partial charge in [0.05, 0.1) is 20.1 Å². The highest BCUT2D eigenvalue weighted by atomic mass is 32.2. The maximum absolute atomic E-state index is 12.8. The second kappa shape index (κ2) is 6.16. The van der Waals surface area contributed by atoms with E-state index in [0.717, 1.165) is 35.4 Å². The van der Waals surface area contributed by atoms with Gasteiger partial charge in [0.2, 0.25) is 14.2 Å². The van der Waals surface area contributed by atoms with Gasteiger partial charge in [-0.15, -0.1) is 11.8 Å². The Morgan fingerprint density at radius 2 is 2.00 bits per heavy atom. The Hall–Kier alpha value is -0.833. The quantitative estimate of drug-likeness (QED) is 0.456. The van der Waals surface area contributed by atoms with Gasteiger partial charge in [0, 0.05) is 24.2 Å². The van der Waals surface area contributed by atoms with Crippen LogP contribution >= 0.6 is 11.8 Å². The lowest BCUT2D eigenvalue weighted by Crippen LogP contribution is -2.69. The van der Waals surface area contributed by atoms with Crippen LogP contribution in [0.4, 0.5) is 0 Å². The first kappa shape index (κ1) is 18.0. The smallest absolute Gasteiger partial charge is 0.341 e. The zero-order valence-electron chi connectivity index (χ0n) is 15.0. The summed E-state index contributed by atoms with van der Waals surface area (Å²) in [4.78, 5) is 26.7. The molecule has 3 rings (SSSR count). The van der Waals surface area contributed by atoms with E-state index in [4.69, 9.17) is 10.2 Å². The van der Waals surface area contributed by atoms with Crippen molar-refractivity contribution < 1.29 is 18.5 Å². The fraction of sp³-hybridized carbons (Fsp3) is 0.750. The average molecular weight is 371 g/mol. The number of thioether (sulfide) groups is 1. The lowest BCUT2D eigenvalue weighted by molar-refractivity contribution is -0.893. The Morgan fingerprint density at radius 3 is 2.58 bits per heavy atom. The lowest BCUT2D eigenvalue weighted by atomic mass is 10.0. The van der Waals surface area contributed by atoms with Gasteiger partial charge in [0.15, 0.2) is 0 Å². The Morgan fingerprint density at radius 1 is 1.38 bits per heavy atom. The molecule has 3 aliphatic heterocycles. The molecule has 134 valence electrons. The number of carbonyl (C=O) groups excluding carboxylic acids is 2. The van der Waals surface area contributed by atoms with Gasteiger partial charge in [-0.2, -0.15) is 0 Å². The second-order valence-electron chi connectivity index (χ2n) is 8.32. The van der Waals surface area contributed by atoms with E-state index >= 15 is 0 Å². The molecule has 0 bridgehead atoms. The minimum absolute atomic E-state index is 0.116. The number of nitrogens with zero attached hydrogens (tertiary/aromatic N) is 2. The first-order valence-corrected chi connectivity index (χ1v) is 13.1. The van der Waals surface area contributed by atoms with E-state index in [1.807, 2.05) is 19.6 Å². The molecule has 24 heavy (non-hydrogen) atoms. The van der Waals surface area contributed by atoms with Crippen LogP contribution in [0.2, 0.25) is 19.6 Å². The number of β-lactam (4-membered cyclic amide) rings is 1. The highest BCUT2D eigenvalue weighted by molar-refractivity contribution is 8.00. The van der Waals surface area contributed by atoms with Crippen LogP contribution in [-0.4, -0.2) is 73.4 Å². The molecule has 2 N–H and O–H groups in total. The molecule has 0 radical (unpaired) electrons. The monoisotopic (exact) mass is 370 g/mol. The number of nitrogens with two attached hydrogens (primary N) is 1. The summed E-state index contributed by atoms with van der Waals surface area (Å²) < 4.78 is 6.68. The van der Waals surface area contributed by atoms with Crippen molar-refractivity contribution in [1.82, 2.24) is 4.90 Å². The van der Waals surface area contributed by atoms with E-state index in [9.17, 15) is 9.59 Å². The molecule has 0 saturated carbocycles. The van der Waals surface area contributed by atoms with Crippen LogP contribution in [0, 0.1) is 0 Å². The molecule has 0 aromatic carbocycles. The molecule has 2 atom stereocenters. The minimum Gasteiger partial charge on any atom is -0.515 e. The van der Waals surface area contributed by atoms with Crippen molar-refractivity contribution >= 4 is 32.0 Å². The predicted molar refractivity (Wildman–Crippen MR) is 97.6 cm³/mol. The summed E-state index contributed by atoms with van der Waals surface area (Å²) in [6, 6.07) is -0.497. The fourth-order valence-corrected chi connectivity index (χ4v) is 5.67. The van der Waals surface area contributed by atoms with Crippen LogP contribution in [0.15, 0.2) is 11.3 Å². The lowest BCUT2D eigenvalue weighted by Gasteiger charge is -2.49. The Kier molecular flexibility index (Phi) is 4.61. The number of rotatable bonds is 4. The van der Waals surface area contributed by atoms with E-state index in [-0.39, 0.29) is 17.3 Å². The number of carbonyl (C=O) groups is 2. The molecule has 0 spiro atoms. The molecule has 0 aromatic rings. The number of likely N-dealkylation sites (tertiary alicyclic amines) is 1. The SMILES string of the molecule is C[N+]1(CC2=C(C(=O)O[Si](C)(C)C)N3C(=O)[C@@H](N)[C@H]3SC2)CCCC1. The number of fused-ring (bicyclic) bond motifs is 1. The van der Waals surface area contributed by atoms with Gasteiger partial charge in [-0.1, -0.05) is 0 Å². The van der Waals surface area contributed by atoms with Gasteiger partial charge in [0.25, 0.3) is 0 Å². The van der Waals surface area contributed by atoms with E-state index in [1.165, 1.54) is 12.8 Å². The van der Waals surface area contributed by atoms with Crippen molar-refractivity contribution in [1.29, 1.82) is 0 Å². The van der Waals surface area contributed by atoms with E-state index < -0.39 is 14.4 Å². The molecule has 0 aliphatic carbocycles. The third kappa shape index (κ3) is 3.29. The summed E-state index contributed by atoms with van der Waals surface area (Å²) in [7, 11) is 0.210. The highest BCUT2D eigenvalue weighted by Gasteiger charge is 2.53. The molecular weight excluding hydrogens is 342 g/mol. The summed E-state index contributed by atoms with van der Waals surface area (Å²) in [5.74, 6) is 0.267. The molecule has 2 fully saturated rings. The Balaban J connectivity index is 1.92. The van der Waals surface area contributed by atoms with Crippen LogP contribution in [0.5, 0.6) is 0 Å². The minimum atomic E-state index is -2.03. The topological polar surface area (TPSA) is 72.6 Å². The first-order valence-electron chi connectivity index (χ1n) is 8.60. The third-order valence-corrected chi connectivity index (χ3v) is 7.06. The van der Waals surface area contributed by atoms with Crippen LogP contribution in [0.3, 0.4) is 0 Å². The third-order valence-electron chi connectivity index (χ3n) is 4.90. The van der Waals surface area contributed by atoms with Crippen molar-refractivity contribution in [3.8, 4) is 0 Å². The largest absolute Gasteiger partial charge is 0.515 e. The maximum Gasteiger partial charge on any atom is 0.341 e. The molecule has 6 nitrogen and oxygen atoms in total. The summed E-state index contributed by atoms with van der Waals surface area (Å²) in [6.07, 6.45) is 2.45. The Bertz CT molecular complexity index is 596. The molecule has 8 heteroatoms. The number of hydrogen-bond donors (Lipinski definition) is 1. The van der Waals surface area contributed by atoms with Gasteiger partial charge in [0.1, 0.15) is 23.7 Å². The van der Waals surface area contributed by atoms with Crippen LogP contribution in [-0.2, 0) is 14.0 Å². The number of hydrogen-bond acceptors (Lipinski definition) is 5. The van der Waals surface area contributed by atoms with Crippen molar-refractivity contribution in [2.45, 2.75) is 43.9 Å². The Labute approximate surface area is 149 Å². The molecule has 3 aliphatic rings. The van der Waals surface area contributed by atoms with E-state index in [2.05, 4.69) is 7.05 Å². The van der Waals surface area contributed by atoms with Crippen molar-refractivity contribution in [2.75, 3.05) is 32.4 Å². The summed E-state index contributed by atoms with van der Waals surface area (Å²) in [5.41, 5.74) is 7.45. The van der Waals surface area contributed by atoms with Gasteiger partial charge >= 0.3 is 5.97 Å². The average Bonchev–Trinajstić information content (AvgIpc) is 2.90. The van der Waals surface area contributed by atoms with Gasteiger partial charge in [-0.25, -0.2) is 4.79 Å². The summed E-state index contributed by atoms with van der Waals surface area (Å²) in [5, 5.41) is -0.116. The van der Waals surface area contributed by atoms with E-state index in [0.29, 0.717) is 5.70 Å². The molecule has 0 unspecified atom stereocenters. The van der Waals surface area contributed by atoms with Crippen molar-refractivity contribution in [3.05, 3.63) is 11.3 Å². The number of likely N-dealkylation sites (N-methyl/N-ethyl adjacent to an activating group) is 1. The first-order chi connectivity index (χ1) is 11.1. The van der Waals surface area contributed by atoms with Crippen LogP contribution < -0.4 is 5.73 Å². The number of quaternary nitrogens is 1. The van der Waals surface area contributed by atoms with Gasteiger partial charge in [-0.05, 0) is 19.6 Å². The number of amides is 1. The molecular formula is C16H28N3O3SSi+. The zero-order chi connectivity index (χ0) is 17.7.